The van der Waals surface area contributed by atoms with E-state index in [9.17, 15) is 0 Å². The molecule has 2 saturated heterocycles. The number of morpholine rings is 1. The molecule has 2 aliphatic heterocycles. The van der Waals surface area contributed by atoms with Gasteiger partial charge < -0.3 is 9.47 Å². The van der Waals surface area contributed by atoms with Gasteiger partial charge in [-0.25, -0.2) is 0 Å². The molecule has 2 aliphatic rings. The molecule has 4 heteroatoms. The van der Waals surface area contributed by atoms with Gasteiger partial charge in [-0.2, -0.15) is 0 Å². The lowest BCUT2D eigenvalue weighted by atomic mass is 10.0. The molecule has 0 aromatic rings. The Hall–Kier alpha value is 0.360. The van der Waals surface area contributed by atoms with E-state index in [1.165, 1.54) is 12.8 Å². The standard InChI is InChI=1S/C12H22BrNO2/c1-12(2)9-14(8-11(6-13)16-12)7-10-4-3-5-15-10/h10-11H,3-9H2,1-2H3. The second kappa shape index (κ2) is 5.34. The van der Waals surface area contributed by atoms with Gasteiger partial charge in [0.15, 0.2) is 0 Å². The smallest absolute Gasteiger partial charge is 0.0806 e. The van der Waals surface area contributed by atoms with Crippen molar-refractivity contribution < 1.29 is 9.47 Å². The van der Waals surface area contributed by atoms with Crippen LogP contribution in [0.2, 0.25) is 0 Å². The summed E-state index contributed by atoms with van der Waals surface area (Å²) < 4.78 is 11.7. The van der Waals surface area contributed by atoms with Crippen molar-refractivity contribution >= 4 is 15.9 Å². The summed E-state index contributed by atoms with van der Waals surface area (Å²) in [5.41, 5.74) is -0.0324. The molecule has 0 amide bonds. The largest absolute Gasteiger partial charge is 0.377 e. The van der Waals surface area contributed by atoms with Crippen molar-refractivity contribution in [3.05, 3.63) is 0 Å². The Morgan fingerprint density at radius 1 is 1.38 bits per heavy atom. The Morgan fingerprint density at radius 3 is 2.81 bits per heavy atom. The van der Waals surface area contributed by atoms with Crippen LogP contribution in [0.25, 0.3) is 0 Å². The molecule has 3 nitrogen and oxygen atoms in total. The van der Waals surface area contributed by atoms with Crippen molar-refractivity contribution in [3.63, 3.8) is 0 Å². The van der Waals surface area contributed by atoms with Crippen molar-refractivity contribution in [2.24, 2.45) is 0 Å². The van der Waals surface area contributed by atoms with Gasteiger partial charge in [-0.1, -0.05) is 15.9 Å². The molecule has 0 bridgehead atoms. The van der Waals surface area contributed by atoms with E-state index in [-0.39, 0.29) is 5.60 Å². The second-order valence-corrected chi connectivity index (χ2v) is 6.13. The molecule has 0 aromatic heterocycles. The monoisotopic (exact) mass is 291 g/mol. The van der Waals surface area contributed by atoms with Crippen LogP contribution < -0.4 is 0 Å². The number of rotatable bonds is 3. The first-order chi connectivity index (χ1) is 7.59. The molecular formula is C12H22BrNO2. The summed E-state index contributed by atoms with van der Waals surface area (Å²) in [7, 11) is 0. The van der Waals surface area contributed by atoms with Gasteiger partial charge >= 0.3 is 0 Å². The number of nitrogens with zero attached hydrogens (tertiary/aromatic N) is 1. The van der Waals surface area contributed by atoms with Gasteiger partial charge in [0, 0.05) is 31.6 Å². The third kappa shape index (κ3) is 3.42. The minimum Gasteiger partial charge on any atom is -0.377 e. The summed E-state index contributed by atoms with van der Waals surface area (Å²) in [5, 5.41) is 0.915. The van der Waals surface area contributed by atoms with Crippen LogP contribution >= 0.6 is 15.9 Å². The Labute approximate surface area is 107 Å². The highest BCUT2D eigenvalue weighted by Gasteiger charge is 2.34. The van der Waals surface area contributed by atoms with Crippen LogP contribution in [0.4, 0.5) is 0 Å². The van der Waals surface area contributed by atoms with E-state index in [4.69, 9.17) is 9.47 Å². The lowest BCUT2D eigenvalue weighted by Crippen LogP contribution is -2.54. The Balaban J connectivity index is 1.87. The molecule has 16 heavy (non-hydrogen) atoms. The van der Waals surface area contributed by atoms with E-state index in [1.807, 2.05) is 0 Å². The van der Waals surface area contributed by atoms with Gasteiger partial charge in [-0.15, -0.1) is 0 Å². The van der Waals surface area contributed by atoms with Gasteiger partial charge in [-0.3, -0.25) is 4.90 Å². The lowest BCUT2D eigenvalue weighted by Gasteiger charge is -2.43. The zero-order valence-electron chi connectivity index (χ0n) is 10.2. The first-order valence-electron chi connectivity index (χ1n) is 6.17. The summed E-state index contributed by atoms with van der Waals surface area (Å²) in [6, 6.07) is 0. The summed E-state index contributed by atoms with van der Waals surface area (Å²) >= 11 is 3.52. The molecule has 0 aliphatic carbocycles. The SMILES string of the molecule is CC1(C)CN(CC2CCCO2)CC(CBr)O1. The van der Waals surface area contributed by atoms with Gasteiger partial charge in [0.05, 0.1) is 17.8 Å². The van der Waals surface area contributed by atoms with Gasteiger partial charge in [-0.05, 0) is 26.7 Å². The lowest BCUT2D eigenvalue weighted by molar-refractivity contribution is -0.132. The van der Waals surface area contributed by atoms with E-state index in [2.05, 4.69) is 34.7 Å². The number of ether oxygens (including phenoxy) is 2. The van der Waals surface area contributed by atoms with E-state index in [0.29, 0.717) is 12.2 Å². The zero-order valence-corrected chi connectivity index (χ0v) is 11.8. The van der Waals surface area contributed by atoms with Crippen LogP contribution in [0.15, 0.2) is 0 Å². The number of hydrogen-bond donors (Lipinski definition) is 0. The van der Waals surface area contributed by atoms with Crippen LogP contribution in [-0.2, 0) is 9.47 Å². The third-order valence-corrected chi connectivity index (χ3v) is 3.93. The van der Waals surface area contributed by atoms with Crippen LogP contribution in [0, 0.1) is 0 Å². The molecule has 0 saturated carbocycles. The molecule has 0 radical (unpaired) electrons. The maximum absolute atomic E-state index is 5.99. The molecule has 2 fully saturated rings. The zero-order chi connectivity index (χ0) is 11.6. The summed E-state index contributed by atoms with van der Waals surface area (Å²) in [5.74, 6) is 0. The number of halogens is 1. The molecule has 2 rings (SSSR count). The van der Waals surface area contributed by atoms with Crippen LogP contribution in [0.3, 0.4) is 0 Å². The highest BCUT2D eigenvalue weighted by Crippen LogP contribution is 2.23. The van der Waals surface area contributed by atoms with E-state index in [0.717, 1.165) is 31.6 Å². The average molecular weight is 292 g/mol. The van der Waals surface area contributed by atoms with Gasteiger partial charge in [0.25, 0.3) is 0 Å². The van der Waals surface area contributed by atoms with Crippen LogP contribution in [-0.4, -0.2) is 54.3 Å². The topological polar surface area (TPSA) is 21.7 Å². The maximum atomic E-state index is 5.99. The minimum absolute atomic E-state index is 0.0324. The molecule has 2 atom stereocenters. The summed E-state index contributed by atoms with van der Waals surface area (Å²) in [6.07, 6.45) is 3.20. The molecule has 94 valence electrons. The first kappa shape index (κ1) is 12.8. The molecule has 0 aromatic carbocycles. The Kier molecular flexibility index (Phi) is 4.27. The van der Waals surface area contributed by atoms with E-state index >= 15 is 0 Å². The molecule has 0 N–H and O–H groups in total. The minimum atomic E-state index is -0.0324. The summed E-state index contributed by atoms with van der Waals surface area (Å²) in [4.78, 5) is 2.49. The molecular weight excluding hydrogens is 270 g/mol. The average Bonchev–Trinajstić information content (AvgIpc) is 2.67. The third-order valence-electron chi connectivity index (χ3n) is 3.21. The van der Waals surface area contributed by atoms with E-state index in [1.54, 1.807) is 0 Å². The molecule has 2 heterocycles. The second-order valence-electron chi connectivity index (χ2n) is 5.48. The molecule has 2 unspecified atom stereocenters. The van der Waals surface area contributed by atoms with Crippen molar-refractivity contribution in [3.8, 4) is 0 Å². The van der Waals surface area contributed by atoms with Gasteiger partial charge in [0.1, 0.15) is 0 Å². The number of hydrogen-bond acceptors (Lipinski definition) is 3. The Morgan fingerprint density at radius 2 is 2.19 bits per heavy atom. The Bertz CT molecular complexity index is 229. The van der Waals surface area contributed by atoms with Crippen molar-refractivity contribution in [1.82, 2.24) is 4.90 Å². The highest BCUT2D eigenvalue weighted by atomic mass is 79.9. The fraction of sp³-hybridized carbons (Fsp3) is 1.00. The highest BCUT2D eigenvalue weighted by molar-refractivity contribution is 9.09. The van der Waals surface area contributed by atoms with Crippen molar-refractivity contribution in [1.29, 1.82) is 0 Å². The van der Waals surface area contributed by atoms with Crippen LogP contribution in [0.1, 0.15) is 26.7 Å². The fourth-order valence-electron chi connectivity index (χ4n) is 2.71. The van der Waals surface area contributed by atoms with Gasteiger partial charge in [0.2, 0.25) is 0 Å². The fourth-order valence-corrected chi connectivity index (χ4v) is 3.05. The maximum Gasteiger partial charge on any atom is 0.0806 e. The van der Waals surface area contributed by atoms with Crippen LogP contribution in [0.5, 0.6) is 0 Å². The van der Waals surface area contributed by atoms with Crippen molar-refractivity contribution in [2.75, 3.05) is 31.6 Å². The summed E-state index contributed by atoms with van der Waals surface area (Å²) in [6.45, 7) is 8.39. The number of alkyl halides is 1. The first-order valence-corrected chi connectivity index (χ1v) is 7.29. The quantitative estimate of drug-likeness (QED) is 0.743. The normalized spacial score (nSPS) is 35.4. The predicted molar refractivity (Wildman–Crippen MR) is 68.2 cm³/mol. The predicted octanol–water partition coefficient (Wildman–Crippen LogP) is 2.04. The van der Waals surface area contributed by atoms with E-state index < -0.39 is 0 Å². The molecule has 0 spiro atoms. The van der Waals surface area contributed by atoms with Crippen molar-refractivity contribution in [2.45, 2.75) is 44.5 Å².